The molecule has 1 aliphatic heterocycles. The zero-order valence-electron chi connectivity index (χ0n) is 11.7. The smallest absolute Gasteiger partial charge is 0.0628 e. The van der Waals surface area contributed by atoms with Gasteiger partial charge in [0.15, 0.2) is 0 Å². The van der Waals surface area contributed by atoms with Gasteiger partial charge in [0.25, 0.3) is 0 Å². The van der Waals surface area contributed by atoms with Gasteiger partial charge >= 0.3 is 0 Å². The Bertz CT molecular complexity index is 526. The third kappa shape index (κ3) is 2.62. The minimum absolute atomic E-state index is 0.101. The van der Waals surface area contributed by atoms with E-state index in [1.165, 1.54) is 24.0 Å². The van der Waals surface area contributed by atoms with Crippen LogP contribution in [0.2, 0.25) is 0 Å². The Morgan fingerprint density at radius 1 is 1.00 bits per heavy atom. The summed E-state index contributed by atoms with van der Waals surface area (Å²) in [6, 6.07) is 21.5. The zero-order valence-corrected chi connectivity index (χ0v) is 11.7. The van der Waals surface area contributed by atoms with Crippen LogP contribution >= 0.6 is 0 Å². The summed E-state index contributed by atoms with van der Waals surface area (Å²) in [5.74, 6) is 0. The molecule has 2 aromatic rings. The molecule has 2 nitrogen and oxygen atoms in total. The Balaban J connectivity index is 1.87. The van der Waals surface area contributed by atoms with Gasteiger partial charge in [-0.25, -0.2) is 0 Å². The Labute approximate surface area is 120 Å². The molecule has 1 aliphatic rings. The van der Waals surface area contributed by atoms with E-state index in [9.17, 15) is 5.11 Å². The first-order chi connectivity index (χ1) is 9.90. The minimum atomic E-state index is 0.101. The minimum Gasteiger partial charge on any atom is -0.394 e. The van der Waals surface area contributed by atoms with Crippen molar-refractivity contribution in [2.75, 3.05) is 13.2 Å². The van der Waals surface area contributed by atoms with E-state index in [4.69, 9.17) is 0 Å². The fourth-order valence-electron chi connectivity index (χ4n) is 3.27. The summed E-state index contributed by atoms with van der Waals surface area (Å²) in [5, 5.41) is 9.86. The number of rotatable bonds is 4. The van der Waals surface area contributed by atoms with Crippen LogP contribution in [0.3, 0.4) is 0 Å². The van der Waals surface area contributed by atoms with E-state index >= 15 is 0 Å². The van der Waals surface area contributed by atoms with Crippen LogP contribution in [-0.2, 0) is 0 Å². The van der Waals surface area contributed by atoms with Gasteiger partial charge in [-0.05, 0) is 30.5 Å². The van der Waals surface area contributed by atoms with Crippen molar-refractivity contribution >= 4 is 0 Å². The highest BCUT2D eigenvalue weighted by molar-refractivity contribution is 5.24. The molecule has 3 rings (SSSR count). The maximum atomic E-state index is 9.86. The van der Waals surface area contributed by atoms with Crippen molar-refractivity contribution in [1.29, 1.82) is 0 Å². The molecule has 0 aliphatic carbocycles. The number of likely N-dealkylation sites (tertiary alicyclic amines) is 1. The molecule has 104 valence electrons. The lowest BCUT2D eigenvalue weighted by Gasteiger charge is -2.32. The summed E-state index contributed by atoms with van der Waals surface area (Å²) in [7, 11) is 0. The molecule has 0 aromatic heterocycles. The van der Waals surface area contributed by atoms with Crippen LogP contribution in [0.1, 0.15) is 36.1 Å². The summed E-state index contributed by atoms with van der Waals surface area (Å²) < 4.78 is 0. The van der Waals surface area contributed by atoms with Gasteiger partial charge in [0.1, 0.15) is 0 Å². The molecule has 0 radical (unpaired) electrons. The van der Waals surface area contributed by atoms with Gasteiger partial charge in [0.2, 0.25) is 0 Å². The molecule has 0 amide bonds. The molecule has 1 N–H and O–H groups in total. The first kappa shape index (κ1) is 13.3. The number of hydrogen-bond acceptors (Lipinski definition) is 2. The van der Waals surface area contributed by atoms with E-state index in [1.807, 2.05) is 18.2 Å². The van der Waals surface area contributed by atoms with E-state index in [0.717, 1.165) is 6.54 Å². The van der Waals surface area contributed by atoms with Crippen LogP contribution in [0.5, 0.6) is 0 Å². The van der Waals surface area contributed by atoms with Crippen molar-refractivity contribution in [2.24, 2.45) is 0 Å². The lowest BCUT2D eigenvalue weighted by atomic mass is 10.0. The monoisotopic (exact) mass is 267 g/mol. The molecule has 0 spiro atoms. The number of benzene rings is 2. The van der Waals surface area contributed by atoms with E-state index < -0.39 is 0 Å². The topological polar surface area (TPSA) is 23.5 Å². The fraction of sp³-hybridized carbons (Fsp3) is 0.333. The second-order valence-corrected chi connectivity index (χ2v) is 5.42. The Kier molecular flexibility index (Phi) is 4.14. The normalized spacial score (nSPS) is 20.9. The Hall–Kier alpha value is -1.64. The van der Waals surface area contributed by atoms with Crippen molar-refractivity contribution < 1.29 is 5.11 Å². The number of aliphatic hydroxyl groups excluding tert-OH is 1. The first-order valence-electron chi connectivity index (χ1n) is 7.36. The largest absolute Gasteiger partial charge is 0.394 e. The molecular formula is C18H21NO. The highest BCUT2D eigenvalue weighted by atomic mass is 16.3. The van der Waals surface area contributed by atoms with Crippen molar-refractivity contribution in [1.82, 2.24) is 4.90 Å². The maximum absolute atomic E-state index is 9.86. The van der Waals surface area contributed by atoms with Crippen molar-refractivity contribution in [3.05, 3.63) is 71.8 Å². The van der Waals surface area contributed by atoms with Gasteiger partial charge < -0.3 is 5.11 Å². The van der Waals surface area contributed by atoms with Crippen molar-refractivity contribution in [2.45, 2.75) is 24.9 Å². The number of aliphatic hydroxyl groups is 1. The predicted molar refractivity (Wildman–Crippen MR) is 81.4 cm³/mol. The van der Waals surface area contributed by atoms with E-state index in [2.05, 4.69) is 47.4 Å². The van der Waals surface area contributed by atoms with Gasteiger partial charge in [0.05, 0.1) is 12.6 Å². The SMILES string of the molecule is OC[C@@H](c1ccccc1)N1CCC[C@H]1c1ccccc1. The molecule has 0 unspecified atom stereocenters. The molecule has 1 fully saturated rings. The molecule has 0 saturated carbocycles. The Morgan fingerprint density at radius 2 is 1.65 bits per heavy atom. The predicted octanol–water partition coefficient (Wildman–Crippen LogP) is 3.56. The number of hydrogen-bond donors (Lipinski definition) is 1. The van der Waals surface area contributed by atoms with Gasteiger partial charge in [-0.1, -0.05) is 60.7 Å². The standard InChI is InChI=1S/C18H21NO/c20-14-18(16-10-5-2-6-11-16)19-13-7-12-17(19)15-8-3-1-4-9-15/h1-6,8-11,17-18,20H,7,12-14H2/t17-,18-/m0/s1. The second kappa shape index (κ2) is 6.21. The van der Waals surface area contributed by atoms with Crippen LogP contribution in [-0.4, -0.2) is 23.2 Å². The van der Waals surface area contributed by atoms with Crippen LogP contribution in [0.15, 0.2) is 60.7 Å². The van der Waals surface area contributed by atoms with E-state index in [0.29, 0.717) is 6.04 Å². The molecule has 1 saturated heterocycles. The lowest BCUT2D eigenvalue weighted by Crippen LogP contribution is -2.30. The van der Waals surface area contributed by atoms with Crippen LogP contribution < -0.4 is 0 Å². The molecule has 0 bridgehead atoms. The van der Waals surface area contributed by atoms with Crippen LogP contribution in [0.25, 0.3) is 0 Å². The molecule has 20 heavy (non-hydrogen) atoms. The van der Waals surface area contributed by atoms with E-state index in [-0.39, 0.29) is 12.6 Å². The molecule has 1 heterocycles. The average Bonchev–Trinajstić information content (AvgIpc) is 2.99. The quantitative estimate of drug-likeness (QED) is 0.915. The van der Waals surface area contributed by atoms with Gasteiger partial charge in [-0.2, -0.15) is 0 Å². The van der Waals surface area contributed by atoms with Gasteiger partial charge in [-0.15, -0.1) is 0 Å². The van der Waals surface area contributed by atoms with Gasteiger partial charge in [-0.3, -0.25) is 4.90 Å². The third-order valence-electron chi connectivity index (χ3n) is 4.24. The highest BCUT2D eigenvalue weighted by Crippen LogP contribution is 2.38. The van der Waals surface area contributed by atoms with Crippen LogP contribution in [0.4, 0.5) is 0 Å². The van der Waals surface area contributed by atoms with Crippen molar-refractivity contribution in [3.63, 3.8) is 0 Å². The Morgan fingerprint density at radius 3 is 2.30 bits per heavy atom. The first-order valence-corrected chi connectivity index (χ1v) is 7.36. The molecule has 2 aromatic carbocycles. The average molecular weight is 267 g/mol. The lowest BCUT2D eigenvalue weighted by molar-refractivity contribution is 0.112. The van der Waals surface area contributed by atoms with Crippen molar-refractivity contribution in [3.8, 4) is 0 Å². The highest BCUT2D eigenvalue weighted by Gasteiger charge is 2.31. The summed E-state index contributed by atoms with van der Waals surface area (Å²) in [4.78, 5) is 2.45. The summed E-state index contributed by atoms with van der Waals surface area (Å²) in [6.07, 6.45) is 2.37. The molecule has 2 atom stereocenters. The number of nitrogens with zero attached hydrogens (tertiary/aromatic N) is 1. The zero-order chi connectivity index (χ0) is 13.8. The summed E-state index contributed by atoms with van der Waals surface area (Å²) >= 11 is 0. The summed E-state index contributed by atoms with van der Waals surface area (Å²) in [6.45, 7) is 1.23. The molecule has 2 heteroatoms. The van der Waals surface area contributed by atoms with Gasteiger partial charge in [0, 0.05) is 6.04 Å². The van der Waals surface area contributed by atoms with E-state index in [1.54, 1.807) is 0 Å². The third-order valence-corrected chi connectivity index (χ3v) is 4.24. The molecular weight excluding hydrogens is 246 g/mol. The summed E-state index contributed by atoms with van der Waals surface area (Å²) in [5.41, 5.74) is 2.57. The fourth-order valence-corrected chi connectivity index (χ4v) is 3.27. The second-order valence-electron chi connectivity index (χ2n) is 5.42. The maximum Gasteiger partial charge on any atom is 0.0628 e. The van der Waals surface area contributed by atoms with Crippen LogP contribution in [0, 0.1) is 0 Å².